The van der Waals surface area contributed by atoms with E-state index in [4.69, 9.17) is 9.47 Å². The average molecular weight is 409 g/mol. The predicted molar refractivity (Wildman–Crippen MR) is 127 cm³/mol. The van der Waals surface area contributed by atoms with Crippen LogP contribution in [0.5, 0.6) is 11.5 Å². The largest absolute Gasteiger partial charge is 0.496 e. The Balaban J connectivity index is 2.07. The maximum Gasteiger partial charge on any atom is 0.121 e. The molecule has 0 saturated heterocycles. The molecule has 0 spiro atoms. The van der Waals surface area contributed by atoms with Crippen LogP contribution in [0.4, 0.5) is 0 Å². The van der Waals surface area contributed by atoms with Crippen molar-refractivity contribution >= 4 is 0 Å². The van der Waals surface area contributed by atoms with E-state index in [-0.39, 0.29) is 5.41 Å². The SMILES string of the molecule is COc1ccc(C2(c3ccc(OC)c(C)c3)CCCCCCCCCCC2)cc1C. The molecule has 0 amide bonds. The summed E-state index contributed by atoms with van der Waals surface area (Å²) in [5.41, 5.74) is 5.41. The fourth-order valence-electron chi connectivity index (χ4n) is 5.31. The number of ether oxygens (including phenoxy) is 2. The molecule has 2 aromatic rings. The second-order valence-corrected chi connectivity index (χ2v) is 9.13. The summed E-state index contributed by atoms with van der Waals surface area (Å²) in [6.07, 6.45) is 14.6. The van der Waals surface area contributed by atoms with Crippen molar-refractivity contribution < 1.29 is 9.47 Å². The minimum absolute atomic E-state index is 0.0628. The lowest BCUT2D eigenvalue weighted by Crippen LogP contribution is -2.28. The first-order valence-electron chi connectivity index (χ1n) is 11.9. The van der Waals surface area contributed by atoms with Crippen molar-refractivity contribution in [3.8, 4) is 11.5 Å². The van der Waals surface area contributed by atoms with E-state index >= 15 is 0 Å². The summed E-state index contributed by atoms with van der Waals surface area (Å²) in [5.74, 6) is 1.96. The van der Waals surface area contributed by atoms with Crippen molar-refractivity contribution in [1.29, 1.82) is 0 Å². The van der Waals surface area contributed by atoms with Crippen LogP contribution in [0.2, 0.25) is 0 Å². The van der Waals surface area contributed by atoms with Gasteiger partial charge in [-0.25, -0.2) is 0 Å². The highest BCUT2D eigenvalue weighted by Gasteiger charge is 2.34. The third kappa shape index (κ3) is 5.20. The topological polar surface area (TPSA) is 18.5 Å². The zero-order valence-electron chi connectivity index (χ0n) is 19.6. The van der Waals surface area contributed by atoms with Crippen LogP contribution in [0.15, 0.2) is 36.4 Å². The molecule has 0 bridgehead atoms. The van der Waals surface area contributed by atoms with Gasteiger partial charge in [0.1, 0.15) is 11.5 Å². The van der Waals surface area contributed by atoms with Crippen molar-refractivity contribution in [3.05, 3.63) is 58.7 Å². The molecule has 0 atom stereocenters. The van der Waals surface area contributed by atoms with Crippen molar-refractivity contribution in [3.63, 3.8) is 0 Å². The number of benzene rings is 2. The standard InChI is InChI=1S/C28H40O2/c1-22-20-24(14-16-26(22)29-3)28(25-15-17-27(30-4)23(2)21-25)18-12-10-8-6-5-7-9-11-13-19-28/h14-17,20-21H,5-13,18-19H2,1-4H3. The lowest BCUT2D eigenvalue weighted by Gasteiger charge is -2.37. The van der Waals surface area contributed by atoms with Crippen LogP contribution in [0.25, 0.3) is 0 Å². The lowest BCUT2D eigenvalue weighted by molar-refractivity contribution is 0.378. The Morgan fingerprint density at radius 1 is 0.567 bits per heavy atom. The maximum absolute atomic E-state index is 5.57. The van der Waals surface area contributed by atoms with Crippen molar-refractivity contribution in [2.24, 2.45) is 0 Å². The molecular weight excluding hydrogens is 368 g/mol. The molecular formula is C28H40O2. The second-order valence-electron chi connectivity index (χ2n) is 9.13. The molecule has 2 heteroatoms. The molecule has 2 nitrogen and oxygen atoms in total. The van der Waals surface area contributed by atoms with Crippen LogP contribution in [0.1, 0.15) is 92.9 Å². The van der Waals surface area contributed by atoms with Gasteiger partial charge < -0.3 is 9.47 Å². The maximum atomic E-state index is 5.57. The zero-order valence-corrected chi connectivity index (χ0v) is 19.6. The van der Waals surface area contributed by atoms with Crippen LogP contribution < -0.4 is 9.47 Å². The Bertz CT molecular complexity index is 741. The zero-order chi connectivity index (χ0) is 21.4. The number of hydrogen-bond acceptors (Lipinski definition) is 2. The summed E-state index contributed by atoms with van der Waals surface area (Å²) < 4.78 is 11.1. The van der Waals surface area contributed by atoms with E-state index in [2.05, 4.69) is 50.2 Å². The summed E-state index contributed by atoms with van der Waals surface area (Å²) in [6, 6.07) is 13.7. The molecule has 0 aromatic heterocycles. The van der Waals surface area contributed by atoms with E-state index in [1.807, 2.05) is 0 Å². The van der Waals surface area contributed by atoms with Gasteiger partial charge in [-0.2, -0.15) is 0 Å². The lowest BCUT2D eigenvalue weighted by atomic mass is 9.67. The predicted octanol–water partition coefficient (Wildman–Crippen LogP) is 7.91. The van der Waals surface area contributed by atoms with Gasteiger partial charge in [0.15, 0.2) is 0 Å². The summed E-state index contributed by atoms with van der Waals surface area (Å²) in [6.45, 7) is 4.34. The summed E-state index contributed by atoms with van der Waals surface area (Å²) in [4.78, 5) is 0. The minimum atomic E-state index is 0.0628. The van der Waals surface area contributed by atoms with Crippen molar-refractivity contribution in [1.82, 2.24) is 0 Å². The summed E-state index contributed by atoms with van der Waals surface area (Å²) >= 11 is 0. The smallest absolute Gasteiger partial charge is 0.121 e. The van der Waals surface area contributed by atoms with E-state index in [0.717, 1.165) is 11.5 Å². The first-order chi connectivity index (χ1) is 14.6. The van der Waals surface area contributed by atoms with Gasteiger partial charge in [0.25, 0.3) is 0 Å². The Hall–Kier alpha value is -1.96. The van der Waals surface area contributed by atoms with Gasteiger partial charge in [-0.15, -0.1) is 0 Å². The van der Waals surface area contributed by atoms with E-state index in [9.17, 15) is 0 Å². The number of rotatable bonds is 4. The Labute approximate surface area is 184 Å². The second kappa shape index (κ2) is 10.9. The van der Waals surface area contributed by atoms with E-state index in [0.29, 0.717) is 0 Å². The van der Waals surface area contributed by atoms with Gasteiger partial charge in [-0.05, 0) is 61.1 Å². The molecule has 0 radical (unpaired) electrons. The molecule has 164 valence electrons. The number of hydrogen-bond donors (Lipinski definition) is 0. The highest BCUT2D eigenvalue weighted by molar-refractivity contribution is 5.48. The summed E-state index contributed by atoms with van der Waals surface area (Å²) in [7, 11) is 3.53. The van der Waals surface area contributed by atoms with Crippen LogP contribution in [0, 0.1) is 13.8 Å². The van der Waals surface area contributed by atoms with Crippen molar-refractivity contribution in [2.45, 2.75) is 89.9 Å². The van der Waals surface area contributed by atoms with E-state index in [1.165, 1.54) is 92.9 Å². The first kappa shape index (κ1) is 22.7. The van der Waals surface area contributed by atoms with Gasteiger partial charge in [0.2, 0.25) is 0 Å². The molecule has 2 aromatic carbocycles. The van der Waals surface area contributed by atoms with Crippen molar-refractivity contribution in [2.75, 3.05) is 14.2 Å². The summed E-state index contributed by atoms with van der Waals surface area (Å²) in [5, 5.41) is 0. The molecule has 1 saturated carbocycles. The third-order valence-corrected chi connectivity index (χ3v) is 7.10. The highest BCUT2D eigenvalue weighted by atomic mass is 16.5. The molecule has 0 heterocycles. The highest BCUT2D eigenvalue weighted by Crippen LogP contribution is 2.44. The Morgan fingerprint density at radius 2 is 0.933 bits per heavy atom. The molecule has 0 N–H and O–H groups in total. The first-order valence-corrected chi connectivity index (χ1v) is 11.9. The van der Waals surface area contributed by atoms with Crippen LogP contribution >= 0.6 is 0 Å². The monoisotopic (exact) mass is 408 g/mol. The van der Waals surface area contributed by atoms with E-state index in [1.54, 1.807) is 14.2 Å². The van der Waals surface area contributed by atoms with E-state index < -0.39 is 0 Å². The number of methoxy groups -OCH3 is 2. The molecule has 1 aliphatic carbocycles. The van der Waals surface area contributed by atoms with Crippen LogP contribution in [-0.4, -0.2) is 14.2 Å². The van der Waals surface area contributed by atoms with Gasteiger partial charge in [-0.1, -0.05) is 82.1 Å². The Kier molecular flexibility index (Phi) is 8.24. The normalized spacial score (nSPS) is 18.1. The fraction of sp³-hybridized carbons (Fsp3) is 0.571. The van der Waals surface area contributed by atoms with Gasteiger partial charge >= 0.3 is 0 Å². The van der Waals surface area contributed by atoms with Gasteiger partial charge in [0, 0.05) is 5.41 Å². The molecule has 0 aliphatic heterocycles. The van der Waals surface area contributed by atoms with Gasteiger partial charge in [0.05, 0.1) is 14.2 Å². The number of aryl methyl sites for hydroxylation is 2. The third-order valence-electron chi connectivity index (χ3n) is 7.10. The fourth-order valence-corrected chi connectivity index (χ4v) is 5.31. The molecule has 0 unspecified atom stereocenters. The van der Waals surface area contributed by atoms with Crippen LogP contribution in [0.3, 0.4) is 0 Å². The molecule has 1 fully saturated rings. The minimum Gasteiger partial charge on any atom is -0.496 e. The quantitative estimate of drug-likeness (QED) is 0.511. The molecule has 3 rings (SSSR count). The average Bonchev–Trinajstić information content (AvgIpc) is 2.74. The Morgan fingerprint density at radius 3 is 1.27 bits per heavy atom. The molecule has 30 heavy (non-hydrogen) atoms. The van der Waals surface area contributed by atoms with Crippen LogP contribution in [-0.2, 0) is 5.41 Å². The van der Waals surface area contributed by atoms with Gasteiger partial charge in [-0.3, -0.25) is 0 Å². The molecule has 1 aliphatic rings.